The van der Waals surface area contributed by atoms with Crippen LogP contribution in [0, 0.1) is 6.92 Å². The minimum atomic E-state index is -2.63. The zero-order valence-corrected chi connectivity index (χ0v) is 38.7. The van der Waals surface area contributed by atoms with Crippen molar-refractivity contribution in [2.75, 3.05) is 25.5 Å². The molecule has 0 fully saturated rings. The minimum absolute atomic E-state index is 0.223. The van der Waals surface area contributed by atoms with Crippen molar-refractivity contribution in [3.8, 4) is 0 Å². The molecule has 6 amide bonds. The van der Waals surface area contributed by atoms with E-state index in [1.54, 1.807) is 18.2 Å². The average Bonchev–Trinajstić information content (AvgIpc) is 3.57. The van der Waals surface area contributed by atoms with Gasteiger partial charge in [-0.3, -0.25) is 38.6 Å². The molecule has 4 aromatic carbocycles. The van der Waals surface area contributed by atoms with E-state index < -0.39 is 37.0 Å². The van der Waals surface area contributed by atoms with E-state index in [9.17, 15) is 28.8 Å². The Balaban J connectivity index is 0.961. The fraction of sp³-hybridized carbons (Fsp3) is 0.333. The maximum absolute atomic E-state index is 13.5. The van der Waals surface area contributed by atoms with Crippen molar-refractivity contribution in [2.45, 2.75) is 77.6 Å². The fourth-order valence-electron chi connectivity index (χ4n) is 8.04. The quantitative estimate of drug-likeness (QED) is 0.0801. The lowest BCUT2D eigenvalue weighted by Gasteiger charge is -2.39. The van der Waals surface area contributed by atoms with Gasteiger partial charge in [-0.2, -0.15) is 0 Å². The highest BCUT2D eigenvalue weighted by Gasteiger charge is 2.41. The number of benzene rings is 4. The van der Waals surface area contributed by atoms with Gasteiger partial charge >= 0.3 is 8.56 Å². The van der Waals surface area contributed by atoms with Crippen LogP contribution < -0.4 is 10.6 Å². The number of fused-ring (bicyclic) bond motifs is 2. The molecule has 2 N–H and O–H groups in total. The maximum Gasteiger partial charge on any atom is 0.311 e. The van der Waals surface area contributed by atoms with Crippen molar-refractivity contribution in [3.63, 3.8) is 0 Å². The van der Waals surface area contributed by atoms with E-state index in [-0.39, 0.29) is 53.4 Å². The van der Waals surface area contributed by atoms with E-state index in [0.29, 0.717) is 47.3 Å². The second-order valence-corrected chi connectivity index (χ2v) is 29.7. The van der Waals surface area contributed by atoms with Crippen molar-refractivity contribution in [3.05, 3.63) is 135 Å². The highest BCUT2D eigenvalue weighted by atomic mass is 28.5. The van der Waals surface area contributed by atoms with Crippen molar-refractivity contribution in [1.82, 2.24) is 15.1 Å². The van der Waals surface area contributed by atoms with Gasteiger partial charge in [0, 0.05) is 37.0 Å². The van der Waals surface area contributed by atoms with Crippen LogP contribution >= 0.6 is 0 Å². The summed E-state index contributed by atoms with van der Waals surface area (Å²) in [5.41, 5.74) is 5.85. The van der Waals surface area contributed by atoms with Crippen LogP contribution in [-0.2, 0) is 14.7 Å². The van der Waals surface area contributed by atoms with Crippen molar-refractivity contribution in [1.29, 1.82) is 0 Å². The van der Waals surface area contributed by atoms with Crippen LogP contribution in [0.5, 0.6) is 0 Å². The van der Waals surface area contributed by atoms with Gasteiger partial charge in [0.05, 0.1) is 22.3 Å². The lowest BCUT2D eigenvalue weighted by atomic mass is 10.0. The first kappa shape index (κ1) is 44.2. The second kappa shape index (κ2) is 17.7. The first-order valence-electron chi connectivity index (χ1n) is 20.4. The number of imide groups is 2. The largest absolute Gasteiger partial charge is 0.437 e. The lowest BCUT2D eigenvalue weighted by molar-refractivity contribution is 0.0638. The van der Waals surface area contributed by atoms with Gasteiger partial charge < -0.3 is 18.9 Å². The molecule has 0 aromatic heterocycles. The molecule has 12 nitrogen and oxygen atoms in total. The van der Waals surface area contributed by atoms with E-state index in [4.69, 9.17) is 8.23 Å². The third-order valence-electron chi connectivity index (χ3n) is 10.8. The molecule has 4 aromatic rings. The van der Waals surface area contributed by atoms with Gasteiger partial charge in [-0.25, -0.2) is 0 Å². The molecule has 0 aliphatic carbocycles. The van der Waals surface area contributed by atoms with E-state index in [1.807, 2.05) is 37.4 Å². The van der Waals surface area contributed by atoms with Crippen LogP contribution in [0.25, 0.3) is 0 Å². The van der Waals surface area contributed by atoms with Gasteiger partial charge in [0.15, 0.2) is 16.6 Å². The Labute approximate surface area is 355 Å². The van der Waals surface area contributed by atoms with Crippen LogP contribution in [0.3, 0.4) is 0 Å². The molecule has 0 bridgehead atoms. The van der Waals surface area contributed by atoms with Crippen LogP contribution in [-0.4, -0.2) is 90.6 Å². The number of nitrogens with one attached hydrogen (secondary N) is 2. The molecule has 2 heterocycles. The van der Waals surface area contributed by atoms with E-state index in [0.717, 1.165) is 12.0 Å². The van der Waals surface area contributed by atoms with Gasteiger partial charge in [0.2, 0.25) is 0 Å². The molecule has 314 valence electrons. The molecule has 6 rings (SSSR count). The van der Waals surface area contributed by atoms with E-state index in [1.165, 1.54) is 46.2 Å². The Kier molecular flexibility index (Phi) is 13.1. The van der Waals surface area contributed by atoms with Gasteiger partial charge in [0.1, 0.15) is 0 Å². The molecule has 0 atom stereocenters. The summed E-state index contributed by atoms with van der Waals surface area (Å²) in [4.78, 5) is 80.7. The summed E-state index contributed by atoms with van der Waals surface area (Å²) in [6.45, 7) is 15.1. The highest BCUT2D eigenvalue weighted by molar-refractivity contribution is 6.87. The normalized spacial score (nSPS) is 14.1. The predicted octanol–water partition coefficient (Wildman–Crippen LogP) is 8.02. The summed E-state index contributed by atoms with van der Waals surface area (Å²) in [5, 5.41) is 5.44. The number of carbonyl (C=O) groups is 6. The van der Waals surface area contributed by atoms with Crippen LogP contribution in [0.2, 0.25) is 51.4 Å². The highest BCUT2D eigenvalue weighted by Crippen LogP contribution is 2.30. The number of rotatable bonds is 17. The molecular weight excluding hydrogens is 809 g/mol. The third-order valence-corrected chi connectivity index (χ3v) is 22.3. The second-order valence-electron chi connectivity index (χ2n) is 17.3. The van der Waals surface area contributed by atoms with Gasteiger partial charge in [-0.05, 0) is 137 Å². The number of hydrogen-bond acceptors (Lipinski definition) is 8. The Morgan fingerprint density at radius 1 is 0.567 bits per heavy atom. The molecule has 0 saturated heterocycles. The Morgan fingerprint density at radius 3 is 1.43 bits per heavy atom. The Bertz CT molecular complexity index is 2350. The smallest absolute Gasteiger partial charge is 0.311 e. The minimum Gasteiger partial charge on any atom is -0.437 e. The third kappa shape index (κ3) is 10.3. The van der Waals surface area contributed by atoms with Crippen LogP contribution in [0.15, 0.2) is 84.9 Å². The molecular formula is C45H54N4O8Si3. The zero-order valence-electron chi connectivity index (χ0n) is 35.7. The zero-order chi connectivity index (χ0) is 43.6. The molecule has 2 aliphatic heterocycles. The monoisotopic (exact) mass is 862 g/mol. The van der Waals surface area contributed by atoms with Crippen molar-refractivity contribution >= 4 is 66.3 Å². The average molecular weight is 863 g/mol. The van der Waals surface area contributed by atoms with Crippen molar-refractivity contribution in [2.24, 2.45) is 0 Å². The molecule has 0 spiro atoms. The molecule has 2 aliphatic rings. The number of aryl methyl sites for hydroxylation is 1. The summed E-state index contributed by atoms with van der Waals surface area (Å²) >= 11 is 0. The number of hydrogen-bond donors (Lipinski definition) is 2. The summed E-state index contributed by atoms with van der Waals surface area (Å²) < 4.78 is 13.5. The molecule has 0 radical (unpaired) electrons. The lowest BCUT2D eigenvalue weighted by Crippen LogP contribution is -2.52. The van der Waals surface area contributed by atoms with Crippen molar-refractivity contribution < 1.29 is 37.0 Å². The predicted molar refractivity (Wildman–Crippen MR) is 239 cm³/mol. The summed E-state index contributed by atoms with van der Waals surface area (Å²) in [6.07, 6.45) is 1.92. The van der Waals surface area contributed by atoms with Gasteiger partial charge in [0.25, 0.3) is 35.4 Å². The van der Waals surface area contributed by atoms with Gasteiger partial charge in [-0.15, -0.1) is 0 Å². The molecule has 15 heteroatoms. The first-order valence-corrected chi connectivity index (χ1v) is 29.4. The first-order chi connectivity index (χ1) is 28.3. The number of anilines is 1. The number of carbonyl (C=O) groups excluding carboxylic acids is 6. The molecule has 0 saturated carbocycles. The summed E-state index contributed by atoms with van der Waals surface area (Å²) in [5.74, 6) is -2.22. The molecule has 60 heavy (non-hydrogen) atoms. The number of amides is 6. The summed E-state index contributed by atoms with van der Waals surface area (Å²) in [6, 6.07) is 26.6. The van der Waals surface area contributed by atoms with E-state index in [2.05, 4.69) is 68.0 Å². The van der Waals surface area contributed by atoms with Gasteiger partial charge in [-0.1, -0.05) is 42.0 Å². The standard InChI is InChI=1S/C45H54N4O8Si3/c1-30-11-13-31(14-12-30)27-32-15-19-35(20-16-32)47-41(51)34-18-22-37-39(29-34)45(55)49(43(37)53)24-10-26-59(5,6)57-60(7,8)56-58(3,4)25-9-23-48-42(52)36-21-17-33(40(50)46-2)28-38(36)44(48)54/h11-22,28-29H,9-10,23-27H2,1-8H3,(H,46,50)(H,47,51). The number of nitrogens with zero attached hydrogens (tertiary/aromatic N) is 2. The topological polar surface area (TPSA) is 151 Å². The fourth-order valence-corrected chi connectivity index (χ4v) is 22.1. The van der Waals surface area contributed by atoms with Crippen LogP contribution in [0.1, 0.15) is 91.7 Å². The maximum atomic E-state index is 13.5. The Hall–Kier alpha value is -5.33. The summed E-state index contributed by atoms with van der Waals surface area (Å²) in [7, 11) is -5.72. The van der Waals surface area contributed by atoms with Crippen LogP contribution in [0.4, 0.5) is 5.69 Å². The Morgan fingerprint density at radius 2 is 0.983 bits per heavy atom. The molecule has 0 unspecified atom stereocenters. The SMILES string of the molecule is CNC(=O)c1ccc2c(c1)C(=O)N(CCC[Si](C)(C)O[Si](C)(C)O[Si](C)(C)CCCN1C(=O)c3ccc(C(=O)Nc4ccc(Cc5ccc(C)cc5)cc4)cc3C1=O)C2=O. The van der Waals surface area contributed by atoms with E-state index >= 15 is 0 Å².